The van der Waals surface area contributed by atoms with Gasteiger partial charge in [0.15, 0.2) is 0 Å². The lowest BCUT2D eigenvalue weighted by molar-refractivity contribution is -0.157. The number of nitrogens with two attached hydrogens (primary N) is 1. The number of hydrogen-bond acceptors (Lipinski definition) is 2. The highest BCUT2D eigenvalue weighted by molar-refractivity contribution is 5.11. The van der Waals surface area contributed by atoms with E-state index >= 15 is 0 Å². The second-order valence-corrected chi connectivity index (χ2v) is 8.36. The van der Waals surface area contributed by atoms with E-state index in [0.29, 0.717) is 16.9 Å². The summed E-state index contributed by atoms with van der Waals surface area (Å²) in [4.78, 5) is 0. The fourth-order valence-electron chi connectivity index (χ4n) is 6.73. The van der Waals surface area contributed by atoms with Crippen LogP contribution in [-0.4, -0.2) is 19.3 Å². The molecule has 1 aliphatic heterocycles. The molecule has 19 heavy (non-hydrogen) atoms. The quantitative estimate of drug-likeness (QED) is 0.829. The molecular formula is C17H29NO. The Bertz CT molecular complexity index is 344. The molecule has 2 nitrogen and oxygen atoms in total. The topological polar surface area (TPSA) is 35.2 Å². The van der Waals surface area contributed by atoms with Crippen LogP contribution in [0.4, 0.5) is 0 Å². The molecule has 2 heteroatoms. The molecule has 0 spiro atoms. The maximum atomic E-state index is 6.46. The van der Waals surface area contributed by atoms with Gasteiger partial charge in [-0.05, 0) is 86.9 Å². The standard InChI is InChI=1S/C17H29NO/c1-12(18)16-7-13-6-14(8-16)10-17(9-13,11-16)15-2-4-19-5-3-15/h12-15H,2-11,18H2,1H3. The Morgan fingerprint density at radius 1 is 1.05 bits per heavy atom. The maximum Gasteiger partial charge on any atom is 0.0468 e. The van der Waals surface area contributed by atoms with Crippen LogP contribution in [0.2, 0.25) is 0 Å². The Kier molecular flexibility index (Phi) is 2.80. The molecule has 5 fully saturated rings. The molecule has 4 saturated carbocycles. The van der Waals surface area contributed by atoms with Crippen LogP contribution in [-0.2, 0) is 4.74 Å². The summed E-state index contributed by atoms with van der Waals surface area (Å²) < 4.78 is 5.61. The predicted octanol–water partition coefficient (Wildman–Crippen LogP) is 3.35. The van der Waals surface area contributed by atoms with Gasteiger partial charge in [-0.2, -0.15) is 0 Å². The summed E-state index contributed by atoms with van der Waals surface area (Å²) in [5.74, 6) is 2.93. The van der Waals surface area contributed by atoms with Crippen molar-refractivity contribution in [1.29, 1.82) is 0 Å². The van der Waals surface area contributed by atoms with E-state index in [1.54, 1.807) is 0 Å². The first-order chi connectivity index (χ1) is 9.12. The number of ether oxygens (including phenoxy) is 1. The Labute approximate surface area is 117 Å². The minimum atomic E-state index is 0.401. The van der Waals surface area contributed by atoms with Crippen LogP contribution >= 0.6 is 0 Å². The molecule has 0 radical (unpaired) electrons. The van der Waals surface area contributed by atoms with Crippen molar-refractivity contribution in [3.05, 3.63) is 0 Å². The SMILES string of the molecule is CC(N)C12CC3CC(C1)CC(C1CCOCC1)(C3)C2. The van der Waals surface area contributed by atoms with E-state index in [4.69, 9.17) is 10.5 Å². The van der Waals surface area contributed by atoms with Crippen molar-refractivity contribution in [3.63, 3.8) is 0 Å². The van der Waals surface area contributed by atoms with Crippen molar-refractivity contribution in [2.24, 2.45) is 34.3 Å². The van der Waals surface area contributed by atoms with E-state index in [9.17, 15) is 0 Å². The first kappa shape index (κ1) is 12.6. The van der Waals surface area contributed by atoms with E-state index in [0.717, 1.165) is 31.0 Å². The molecular weight excluding hydrogens is 234 g/mol. The minimum absolute atomic E-state index is 0.401. The molecule has 0 aromatic carbocycles. The summed E-state index contributed by atoms with van der Waals surface area (Å²) in [6.07, 6.45) is 11.5. The fraction of sp³-hybridized carbons (Fsp3) is 1.00. The van der Waals surface area contributed by atoms with Crippen LogP contribution in [0.3, 0.4) is 0 Å². The van der Waals surface area contributed by atoms with Crippen LogP contribution in [0.5, 0.6) is 0 Å². The lowest BCUT2D eigenvalue weighted by Gasteiger charge is -2.66. The van der Waals surface area contributed by atoms with Crippen LogP contribution in [0.25, 0.3) is 0 Å². The summed E-state index contributed by atoms with van der Waals surface area (Å²) in [5, 5.41) is 0. The second kappa shape index (κ2) is 4.21. The first-order valence-electron chi connectivity index (χ1n) is 8.45. The van der Waals surface area contributed by atoms with Gasteiger partial charge < -0.3 is 10.5 Å². The Balaban J connectivity index is 1.66. The zero-order valence-corrected chi connectivity index (χ0v) is 12.4. The van der Waals surface area contributed by atoms with Crippen LogP contribution in [0.1, 0.15) is 58.3 Å². The average Bonchev–Trinajstić information content (AvgIpc) is 2.38. The van der Waals surface area contributed by atoms with Crippen molar-refractivity contribution < 1.29 is 4.74 Å². The summed E-state index contributed by atoms with van der Waals surface area (Å²) >= 11 is 0. The molecule has 2 N–H and O–H groups in total. The summed E-state index contributed by atoms with van der Waals surface area (Å²) in [7, 11) is 0. The molecule has 4 bridgehead atoms. The van der Waals surface area contributed by atoms with E-state index in [1.807, 2.05) is 0 Å². The van der Waals surface area contributed by atoms with E-state index in [2.05, 4.69) is 6.92 Å². The van der Waals surface area contributed by atoms with Gasteiger partial charge in [0.05, 0.1) is 0 Å². The zero-order valence-electron chi connectivity index (χ0n) is 12.4. The van der Waals surface area contributed by atoms with Crippen molar-refractivity contribution in [2.75, 3.05) is 13.2 Å². The second-order valence-electron chi connectivity index (χ2n) is 8.36. The largest absolute Gasteiger partial charge is 0.381 e. The lowest BCUT2D eigenvalue weighted by atomic mass is 9.40. The third-order valence-corrected chi connectivity index (χ3v) is 7.20. The third-order valence-electron chi connectivity index (χ3n) is 7.20. The van der Waals surface area contributed by atoms with Gasteiger partial charge in [-0.25, -0.2) is 0 Å². The van der Waals surface area contributed by atoms with Gasteiger partial charge in [0.2, 0.25) is 0 Å². The molecule has 5 rings (SSSR count). The van der Waals surface area contributed by atoms with E-state index < -0.39 is 0 Å². The number of hydrogen-bond donors (Lipinski definition) is 1. The lowest BCUT2D eigenvalue weighted by Crippen LogP contribution is -2.59. The molecule has 3 atom stereocenters. The molecule has 0 amide bonds. The average molecular weight is 263 g/mol. The Morgan fingerprint density at radius 2 is 1.68 bits per heavy atom. The van der Waals surface area contributed by atoms with Crippen molar-refractivity contribution in [1.82, 2.24) is 0 Å². The highest BCUT2D eigenvalue weighted by Crippen LogP contribution is 2.69. The van der Waals surface area contributed by atoms with Gasteiger partial charge in [0.1, 0.15) is 0 Å². The van der Waals surface area contributed by atoms with Crippen LogP contribution < -0.4 is 5.73 Å². The summed E-state index contributed by atoms with van der Waals surface area (Å²) in [6.45, 7) is 4.30. The smallest absolute Gasteiger partial charge is 0.0468 e. The zero-order chi connectivity index (χ0) is 13.1. The molecule has 1 heterocycles. The normalized spacial score (nSPS) is 51.5. The van der Waals surface area contributed by atoms with Gasteiger partial charge in [-0.1, -0.05) is 0 Å². The highest BCUT2D eigenvalue weighted by atomic mass is 16.5. The Morgan fingerprint density at radius 3 is 2.26 bits per heavy atom. The van der Waals surface area contributed by atoms with Gasteiger partial charge in [-0.15, -0.1) is 0 Å². The maximum absolute atomic E-state index is 6.46. The highest BCUT2D eigenvalue weighted by Gasteiger charge is 2.60. The van der Waals surface area contributed by atoms with Gasteiger partial charge in [0, 0.05) is 19.3 Å². The monoisotopic (exact) mass is 263 g/mol. The van der Waals surface area contributed by atoms with E-state index in [-0.39, 0.29) is 0 Å². The van der Waals surface area contributed by atoms with Crippen LogP contribution in [0, 0.1) is 28.6 Å². The number of rotatable bonds is 2. The van der Waals surface area contributed by atoms with Crippen LogP contribution in [0.15, 0.2) is 0 Å². The van der Waals surface area contributed by atoms with Gasteiger partial charge >= 0.3 is 0 Å². The third kappa shape index (κ3) is 1.82. The van der Waals surface area contributed by atoms with E-state index in [1.165, 1.54) is 51.4 Å². The first-order valence-corrected chi connectivity index (χ1v) is 8.45. The molecule has 0 aromatic rings. The molecule has 3 unspecified atom stereocenters. The molecule has 5 aliphatic rings. The van der Waals surface area contributed by atoms with Gasteiger partial charge in [0.25, 0.3) is 0 Å². The van der Waals surface area contributed by atoms with Crippen molar-refractivity contribution >= 4 is 0 Å². The molecule has 4 aliphatic carbocycles. The summed E-state index contributed by atoms with van der Waals surface area (Å²) in [5.41, 5.74) is 7.61. The molecule has 1 saturated heterocycles. The summed E-state index contributed by atoms with van der Waals surface area (Å²) in [6, 6.07) is 0.401. The Hall–Kier alpha value is -0.0800. The van der Waals surface area contributed by atoms with Gasteiger partial charge in [-0.3, -0.25) is 0 Å². The van der Waals surface area contributed by atoms with Crippen molar-refractivity contribution in [3.8, 4) is 0 Å². The fourth-order valence-corrected chi connectivity index (χ4v) is 6.73. The minimum Gasteiger partial charge on any atom is -0.381 e. The molecule has 108 valence electrons. The molecule has 0 aromatic heterocycles. The predicted molar refractivity (Wildman–Crippen MR) is 76.7 cm³/mol. The van der Waals surface area contributed by atoms with Crippen molar-refractivity contribution in [2.45, 2.75) is 64.3 Å².